The van der Waals surface area contributed by atoms with Crippen LogP contribution < -0.4 is 0 Å². The summed E-state index contributed by atoms with van der Waals surface area (Å²) in [5.74, 6) is -2.22. The van der Waals surface area contributed by atoms with Crippen LogP contribution in [0.1, 0.15) is 26.3 Å². The van der Waals surface area contributed by atoms with Crippen molar-refractivity contribution in [2.45, 2.75) is 13.0 Å². The van der Waals surface area contributed by atoms with Gasteiger partial charge in [0.05, 0.1) is 24.3 Å². The molecule has 0 aliphatic carbocycles. The molecular weight excluding hydrogens is 240 g/mol. The quantitative estimate of drug-likeness (QED) is 0.688. The minimum atomic E-state index is -1.11. The summed E-state index contributed by atoms with van der Waals surface area (Å²) in [5, 5.41) is 25.4. The second kappa shape index (κ2) is 6.13. The van der Waals surface area contributed by atoms with E-state index in [-0.39, 0.29) is 29.4 Å². The molecule has 0 aromatic heterocycles. The molecule has 0 bridgehead atoms. The molecule has 6 nitrogen and oxygen atoms in total. The van der Waals surface area contributed by atoms with Crippen LogP contribution in [0.25, 0.3) is 0 Å². The molecule has 1 aromatic carbocycles. The lowest BCUT2D eigenvalue weighted by atomic mass is 10.0. The zero-order valence-electron chi connectivity index (χ0n) is 9.79. The van der Waals surface area contributed by atoms with Gasteiger partial charge in [0, 0.05) is 0 Å². The van der Waals surface area contributed by atoms with Crippen LogP contribution >= 0.6 is 0 Å². The van der Waals surface area contributed by atoms with E-state index < -0.39 is 11.9 Å². The Morgan fingerprint density at radius 3 is 1.94 bits per heavy atom. The van der Waals surface area contributed by atoms with Crippen LogP contribution in [0.15, 0.2) is 18.2 Å². The van der Waals surface area contributed by atoms with Gasteiger partial charge < -0.3 is 20.1 Å². The van der Waals surface area contributed by atoms with E-state index in [2.05, 4.69) is 4.74 Å². The van der Waals surface area contributed by atoms with Gasteiger partial charge in [-0.3, -0.25) is 0 Å². The van der Waals surface area contributed by atoms with Crippen molar-refractivity contribution in [2.24, 2.45) is 0 Å². The highest BCUT2D eigenvalue weighted by atomic mass is 16.6. The number of aliphatic hydroxyl groups is 1. The smallest absolute Gasteiger partial charge is 0.335 e. The first kappa shape index (κ1) is 14.1. The van der Waals surface area contributed by atoms with E-state index in [4.69, 9.17) is 15.3 Å². The van der Waals surface area contributed by atoms with Gasteiger partial charge >= 0.3 is 11.9 Å². The van der Waals surface area contributed by atoms with E-state index in [0.717, 1.165) is 6.61 Å². The predicted octanol–water partition coefficient (Wildman–Crippen LogP) is 0.769. The zero-order valence-corrected chi connectivity index (χ0v) is 9.79. The molecule has 1 aliphatic rings. The van der Waals surface area contributed by atoms with Crippen molar-refractivity contribution in [3.8, 4) is 0 Å². The van der Waals surface area contributed by atoms with Gasteiger partial charge in [-0.15, -0.1) is 0 Å². The molecule has 1 fully saturated rings. The highest BCUT2D eigenvalue weighted by molar-refractivity contribution is 5.96. The van der Waals surface area contributed by atoms with Gasteiger partial charge in [0.15, 0.2) is 0 Å². The van der Waals surface area contributed by atoms with Crippen molar-refractivity contribution >= 4 is 11.9 Å². The predicted molar refractivity (Wildman–Crippen MR) is 61.9 cm³/mol. The number of hydrogen-bond acceptors (Lipinski definition) is 4. The number of carboxylic acids is 2. The van der Waals surface area contributed by atoms with Gasteiger partial charge in [-0.1, -0.05) is 6.07 Å². The van der Waals surface area contributed by atoms with E-state index in [9.17, 15) is 9.59 Å². The molecule has 1 aromatic rings. The maximum atomic E-state index is 10.6. The first-order chi connectivity index (χ1) is 8.47. The Kier molecular flexibility index (Phi) is 4.82. The van der Waals surface area contributed by atoms with E-state index in [1.54, 1.807) is 0 Å². The van der Waals surface area contributed by atoms with Gasteiger partial charge in [0.1, 0.15) is 6.10 Å². The maximum Gasteiger partial charge on any atom is 0.335 e. The fraction of sp³-hybridized carbons (Fsp3) is 0.333. The van der Waals surface area contributed by atoms with Crippen LogP contribution in [0, 0.1) is 6.92 Å². The summed E-state index contributed by atoms with van der Waals surface area (Å²) in [7, 11) is 0. The average molecular weight is 254 g/mol. The first-order valence-electron chi connectivity index (χ1n) is 5.26. The molecule has 18 heavy (non-hydrogen) atoms. The molecule has 1 saturated heterocycles. The SMILES string of the molecule is Cc1c(C(=O)O)cccc1C(=O)O.OCC1CO1. The Morgan fingerprint density at radius 2 is 1.72 bits per heavy atom. The summed E-state index contributed by atoms with van der Waals surface area (Å²) >= 11 is 0. The van der Waals surface area contributed by atoms with Gasteiger partial charge in [-0.25, -0.2) is 9.59 Å². The number of carboxylic acid groups (broad SMARTS) is 2. The van der Waals surface area contributed by atoms with Crippen molar-refractivity contribution < 1.29 is 29.6 Å². The molecule has 6 heteroatoms. The van der Waals surface area contributed by atoms with E-state index >= 15 is 0 Å². The fourth-order valence-corrected chi connectivity index (χ4v) is 1.27. The summed E-state index contributed by atoms with van der Waals surface area (Å²) in [6, 6.07) is 4.17. The van der Waals surface area contributed by atoms with Crippen molar-refractivity contribution in [3.63, 3.8) is 0 Å². The number of hydrogen-bond donors (Lipinski definition) is 3. The Balaban J connectivity index is 0.000000269. The molecule has 98 valence electrons. The second-order valence-electron chi connectivity index (χ2n) is 3.73. The largest absolute Gasteiger partial charge is 0.478 e. The average Bonchev–Trinajstić information content (AvgIpc) is 3.12. The molecular formula is C12H14O6. The molecule has 2 rings (SSSR count). The number of aliphatic hydroxyl groups excluding tert-OH is 1. The number of aromatic carboxylic acids is 2. The Hall–Kier alpha value is -1.92. The second-order valence-corrected chi connectivity index (χ2v) is 3.73. The molecule has 1 aliphatic heterocycles. The van der Waals surface area contributed by atoms with Crippen LogP contribution in [0.5, 0.6) is 0 Å². The molecule has 0 radical (unpaired) electrons. The van der Waals surface area contributed by atoms with Crippen LogP contribution in [-0.4, -0.2) is 46.6 Å². The lowest BCUT2D eigenvalue weighted by molar-refractivity contribution is 0.0696. The van der Waals surface area contributed by atoms with Crippen molar-refractivity contribution in [3.05, 3.63) is 34.9 Å². The van der Waals surface area contributed by atoms with Crippen LogP contribution in [0.3, 0.4) is 0 Å². The molecule has 0 spiro atoms. The van der Waals surface area contributed by atoms with Gasteiger partial charge in [-0.05, 0) is 24.6 Å². The minimum absolute atomic E-state index is 0.0277. The third kappa shape index (κ3) is 3.83. The highest BCUT2D eigenvalue weighted by Gasteiger charge is 2.19. The lowest BCUT2D eigenvalue weighted by Crippen LogP contribution is -2.06. The van der Waals surface area contributed by atoms with Gasteiger partial charge in [0.2, 0.25) is 0 Å². The number of rotatable bonds is 3. The highest BCUT2D eigenvalue weighted by Crippen LogP contribution is 2.13. The normalized spacial score (nSPS) is 16.4. The van der Waals surface area contributed by atoms with Crippen LogP contribution in [0.2, 0.25) is 0 Å². The van der Waals surface area contributed by atoms with Crippen molar-refractivity contribution in [1.82, 2.24) is 0 Å². The monoisotopic (exact) mass is 254 g/mol. The minimum Gasteiger partial charge on any atom is -0.478 e. The number of benzene rings is 1. The topological polar surface area (TPSA) is 107 Å². The van der Waals surface area contributed by atoms with Crippen LogP contribution in [-0.2, 0) is 4.74 Å². The summed E-state index contributed by atoms with van der Waals surface area (Å²) in [6.45, 7) is 2.43. The summed E-state index contributed by atoms with van der Waals surface area (Å²) in [6.07, 6.45) is 0.190. The van der Waals surface area contributed by atoms with E-state index in [1.165, 1.54) is 25.1 Å². The zero-order chi connectivity index (χ0) is 13.7. The molecule has 0 saturated carbocycles. The molecule has 0 amide bonds. The standard InChI is InChI=1S/C9H8O4.C3H6O2/c1-5-6(8(10)11)3-2-4-7(5)9(12)13;4-1-3-2-5-3/h2-4H,1H3,(H,10,11)(H,12,13);3-4H,1-2H2. The molecule has 1 atom stereocenters. The number of epoxide rings is 1. The third-order valence-electron chi connectivity index (χ3n) is 2.40. The van der Waals surface area contributed by atoms with Crippen molar-refractivity contribution in [2.75, 3.05) is 13.2 Å². The molecule has 3 N–H and O–H groups in total. The van der Waals surface area contributed by atoms with E-state index in [0.29, 0.717) is 0 Å². The van der Waals surface area contributed by atoms with Crippen molar-refractivity contribution in [1.29, 1.82) is 0 Å². The molecule has 1 heterocycles. The Morgan fingerprint density at radius 1 is 1.28 bits per heavy atom. The van der Waals surface area contributed by atoms with E-state index in [1.807, 2.05) is 0 Å². The summed E-state index contributed by atoms with van der Waals surface area (Å²) in [4.78, 5) is 21.2. The molecule has 1 unspecified atom stereocenters. The third-order valence-corrected chi connectivity index (χ3v) is 2.40. The maximum absolute atomic E-state index is 10.6. The van der Waals surface area contributed by atoms with Crippen LogP contribution in [0.4, 0.5) is 0 Å². The Bertz CT molecular complexity index is 418. The Labute approximate surface area is 103 Å². The number of ether oxygens (including phenoxy) is 1. The van der Waals surface area contributed by atoms with Gasteiger partial charge in [-0.2, -0.15) is 0 Å². The lowest BCUT2D eigenvalue weighted by Gasteiger charge is -2.03. The summed E-state index contributed by atoms with van der Waals surface area (Å²) in [5.41, 5.74) is 0.335. The number of carbonyl (C=O) groups is 2. The summed E-state index contributed by atoms with van der Waals surface area (Å²) < 4.78 is 4.61. The first-order valence-corrected chi connectivity index (χ1v) is 5.26. The fourth-order valence-electron chi connectivity index (χ4n) is 1.27. The van der Waals surface area contributed by atoms with Gasteiger partial charge in [0.25, 0.3) is 0 Å².